The van der Waals surface area contributed by atoms with E-state index in [1.807, 2.05) is 31.2 Å². The molecule has 3 aromatic rings. The van der Waals surface area contributed by atoms with Crippen molar-refractivity contribution in [1.29, 1.82) is 0 Å². The van der Waals surface area contributed by atoms with Crippen LogP contribution in [0.1, 0.15) is 30.2 Å². The SMILES string of the molecule is CCCc1c(C=Cc2ccc(O)c(OC)c2)[nH]n(-c2ccccn2)c1=O. The highest BCUT2D eigenvalue weighted by Crippen LogP contribution is 2.27. The van der Waals surface area contributed by atoms with E-state index < -0.39 is 0 Å². The van der Waals surface area contributed by atoms with Crippen molar-refractivity contribution in [2.75, 3.05) is 7.11 Å². The number of pyridine rings is 1. The molecule has 3 rings (SSSR count). The molecule has 0 amide bonds. The fourth-order valence-electron chi connectivity index (χ4n) is 2.74. The number of H-pyrrole nitrogens is 1. The molecule has 0 fully saturated rings. The maximum atomic E-state index is 12.7. The number of methoxy groups -OCH3 is 1. The average molecular weight is 351 g/mol. The number of aromatic amines is 1. The number of hydrogen-bond acceptors (Lipinski definition) is 4. The van der Waals surface area contributed by atoms with Crippen molar-refractivity contribution < 1.29 is 9.84 Å². The standard InChI is InChI=1S/C20H21N3O3/c1-3-6-15-16(10-8-14-9-11-17(24)18(13-14)26-2)22-23(20(15)25)19-7-4-5-12-21-19/h4-5,7-13,22,24H,3,6H2,1-2H3. The number of phenolic OH excluding ortho intramolecular Hbond substituents is 1. The summed E-state index contributed by atoms with van der Waals surface area (Å²) in [6.07, 6.45) is 6.92. The highest BCUT2D eigenvalue weighted by atomic mass is 16.5. The van der Waals surface area contributed by atoms with Gasteiger partial charge in [-0.1, -0.05) is 31.6 Å². The Kier molecular flexibility index (Phi) is 5.22. The van der Waals surface area contributed by atoms with E-state index >= 15 is 0 Å². The Morgan fingerprint density at radius 2 is 2.12 bits per heavy atom. The lowest BCUT2D eigenvalue weighted by molar-refractivity contribution is 0.373. The van der Waals surface area contributed by atoms with E-state index in [1.54, 1.807) is 30.5 Å². The minimum absolute atomic E-state index is 0.0889. The van der Waals surface area contributed by atoms with Gasteiger partial charge in [-0.2, -0.15) is 0 Å². The molecule has 0 spiro atoms. The first kappa shape index (κ1) is 17.5. The minimum atomic E-state index is -0.0894. The summed E-state index contributed by atoms with van der Waals surface area (Å²) in [5.74, 6) is 1.05. The molecule has 6 heteroatoms. The van der Waals surface area contributed by atoms with Crippen molar-refractivity contribution in [2.45, 2.75) is 19.8 Å². The Bertz CT molecular complexity index is 972. The molecule has 0 radical (unpaired) electrons. The van der Waals surface area contributed by atoms with Crippen LogP contribution in [0.3, 0.4) is 0 Å². The molecular formula is C20H21N3O3. The lowest BCUT2D eigenvalue weighted by atomic mass is 10.1. The third-order valence-corrected chi connectivity index (χ3v) is 4.04. The minimum Gasteiger partial charge on any atom is -0.504 e. The van der Waals surface area contributed by atoms with E-state index in [4.69, 9.17) is 4.74 Å². The predicted octanol–water partition coefficient (Wildman–Crippen LogP) is 3.40. The molecule has 0 aliphatic rings. The van der Waals surface area contributed by atoms with Crippen LogP contribution in [0.2, 0.25) is 0 Å². The molecule has 0 saturated heterocycles. The molecule has 0 atom stereocenters. The van der Waals surface area contributed by atoms with Crippen LogP contribution in [0.4, 0.5) is 0 Å². The number of hydrogen-bond donors (Lipinski definition) is 2. The molecule has 134 valence electrons. The van der Waals surface area contributed by atoms with Gasteiger partial charge in [0.2, 0.25) is 0 Å². The topological polar surface area (TPSA) is 80.1 Å². The summed E-state index contributed by atoms with van der Waals surface area (Å²) in [5.41, 5.74) is 2.23. The molecular weight excluding hydrogens is 330 g/mol. The monoisotopic (exact) mass is 351 g/mol. The highest BCUT2D eigenvalue weighted by molar-refractivity contribution is 5.70. The van der Waals surface area contributed by atoms with Gasteiger partial charge in [-0.3, -0.25) is 9.89 Å². The molecule has 0 bridgehead atoms. The third kappa shape index (κ3) is 3.54. The summed E-state index contributed by atoms with van der Waals surface area (Å²) in [7, 11) is 1.51. The first-order chi connectivity index (χ1) is 12.6. The van der Waals surface area contributed by atoms with E-state index in [0.717, 1.165) is 23.2 Å². The second kappa shape index (κ2) is 7.74. The molecule has 1 aromatic carbocycles. The van der Waals surface area contributed by atoms with Gasteiger partial charge in [0, 0.05) is 11.8 Å². The van der Waals surface area contributed by atoms with Crippen molar-refractivity contribution >= 4 is 12.2 Å². The second-order valence-electron chi connectivity index (χ2n) is 5.85. The van der Waals surface area contributed by atoms with Crippen LogP contribution in [-0.4, -0.2) is 27.0 Å². The molecule has 2 aromatic heterocycles. The number of nitrogens with one attached hydrogen (secondary N) is 1. The molecule has 0 unspecified atom stereocenters. The number of phenols is 1. The first-order valence-electron chi connectivity index (χ1n) is 8.44. The van der Waals surface area contributed by atoms with Crippen LogP contribution in [-0.2, 0) is 6.42 Å². The van der Waals surface area contributed by atoms with Crippen LogP contribution in [0.15, 0.2) is 47.4 Å². The van der Waals surface area contributed by atoms with Gasteiger partial charge >= 0.3 is 0 Å². The van der Waals surface area contributed by atoms with E-state index in [9.17, 15) is 9.90 Å². The van der Waals surface area contributed by atoms with Crippen LogP contribution in [0, 0.1) is 0 Å². The normalized spacial score (nSPS) is 11.2. The van der Waals surface area contributed by atoms with Crippen molar-refractivity contribution in [3.63, 3.8) is 0 Å². The molecule has 6 nitrogen and oxygen atoms in total. The zero-order valence-electron chi connectivity index (χ0n) is 14.8. The number of aromatic nitrogens is 3. The number of rotatable bonds is 6. The number of benzene rings is 1. The Morgan fingerprint density at radius 3 is 2.81 bits per heavy atom. The van der Waals surface area contributed by atoms with Gasteiger partial charge in [-0.15, -0.1) is 0 Å². The zero-order valence-corrected chi connectivity index (χ0v) is 14.8. The summed E-state index contributed by atoms with van der Waals surface area (Å²) in [4.78, 5) is 17.0. The van der Waals surface area contributed by atoms with E-state index in [2.05, 4.69) is 10.1 Å². The van der Waals surface area contributed by atoms with E-state index in [1.165, 1.54) is 11.8 Å². The quantitative estimate of drug-likeness (QED) is 0.713. The number of aromatic hydroxyl groups is 1. The molecule has 0 aliphatic heterocycles. The van der Waals surface area contributed by atoms with Crippen molar-refractivity contribution in [2.24, 2.45) is 0 Å². The molecule has 0 aliphatic carbocycles. The van der Waals surface area contributed by atoms with Crippen molar-refractivity contribution in [1.82, 2.24) is 14.8 Å². The fraction of sp³-hybridized carbons (Fsp3) is 0.200. The summed E-state index contributed by atoms with van der Waals surface area (Å²) in [6, 6.07) is 10.5. The molecule has 0 saturated carbocycles. The van der Waals surface area contributed by atoms with Gasteiger partial charge in [-0.25, -0.2) is 9.67 Å². The van der Waals surface area contributed by atoms with Gasteiger partial charge in [0.1, 0.15) is 0 Å². The van der Waals surface area contributed by atoms with Gasteiger partial charge in [0.15, 0.2) is 17.3 Å². The fourth-order valence-corrected chi connectivity index (χ4v) is 2.74. The number of nitrogens with zero attached hydrogens (tertiary/aromatic N) is 2. The average Bonchev–Trinajstić information content (AvgIpc) is 2.98. The zero-order chi connectivity index (χ0) is 18.5. The molecule has 26 heavy (non-hydrogen) atoms. The lowest BCUT2D eigenvalue weighted by Crippen LogP contribution is -2.18. The van der Waals surface area contributed by atoms with Crippen LogP contribution in [0.25, 0.3) is 18.0 Å². The largest absolute Gasteiger partial charge is 0.504 e. The smallest absolute Gasteiger partial charge is 0.276 e. The first-order valence-corrected chi connectivity index (χ1v) is 8.44. The van der Waals surface area contributed by atoms with Gasteiger partial charge < -0.3 is 9.84 Å². The summed E-state index contributed by atoms with van der Waals surface area (Å²) in [5, 5.41) is 12.8. The predicted molar refractivity (Wildman–Crippen MR) is 102 cm³/mol. The summed E-state index contributed by atoms with van der Waals surface area (Å²) >= 11 is 0. The lowest BCUT2D eigenvalue weighted by Gasteiger charge is -2.03. The maximum absolute atomic E-state index is 12.7. The van der Waals surface area contributed by atoms with Crippen molar-refractivity contribution in [3.8, 4) is 17.3 Å². The maximum Gasteiger partial charge on any atom is 0.276 e. The van der Waals surface area contributed by atoms with Crippen LogP contribution >= 0.6 is 0 Å². The van der Waals surface area contributed by atoms with Gasteiger partial charge in [0.25, 0.3) is 5.56 Å². The Balaban J connectivity index is 2.00. The van der Waals surface area contributed by atoms with E-state index in [0.29, 0.717) is 18.0 Å². The van der Waals surface area contributed by atoms with E-state index in [-0.39, 0.29) is 11.3 Å². The van der Waals surface area contributed by atoms with Crippen LogP contribution in [0.5, 0.6) is 11.5 Å². The Hall–Kier alpha value is -3.28. The second-order valence-corrected chi connectivity index (χ2v) is 5.85. The summed E-state index contributed by atoms with van der Waals surface area (Å²) < 4.78 is 6.59. The van der Waals surface area contributed by atoms with Crippen LogP contribution < -0.4 is 10.3 Å². The Labute approximate surface area is 151 Å². The molecule has 2 heterocycles. The Morgan fingerprint density at radius 1 is 1.27 bits per heavy atom. The highest BCUT2D eigenvalue weighted by Gasteiger charge is 2.13. The third-order valence-electron chi connectivity index (χ3n) is 4.04. The van der Waals surface area contributed by atoms with Gasteiger partial charge in [-0.05, 0) is 42.3 Å². The van der Waals surface area contributed by atoms with Crippen molar-refractivity contribution in [3.05, 3.63) is 69.8 Å². The summed E-state index contributed by atoms with van der Waals surface area (Å²) in [6.45, 7) is 2.04. The molecule has 2 N–H and O–H groups in total. The number of ether oxygens (including phenoxy) is 1. The van der Waals surface area contributed by atoms with Gasteiger partial charge in [0.05, 0.1) is 12.8 Å².